The van der Waals surface area contributed by atoms with Crippen molar-refractivity contribution < 1.29 is 36.2 Å². The zero-order valence-corrected chi connectivity index (χ0v) is 9.76. The van der Waals surface area contributed by atoms with Crippen molar-refractivity contribution in [1.82, 2.24) is 4.90 Å². The van der Waals surface area contributed by atoms with E-state index in [4.69, 9.17) is 5.11 Å². The average molecular weight is 293 g/mol. The van der Waals surface area contributed by atoms with Crippen LogP contribution >= 0.6 is 0 Å². The predicted molar refractivity (Wildman–Crippen MR) is 52.0 cm³/mol. The smallest absolute Gasteiger partial charge is 0.395 e. The van der Waals surface area contributed by atoms with Crippen molar-refractivity contribution in [3.05, 3.63) is 0 Å². The van der Waals surface area contributed by atoms with Crippen molar-refractivity contribution in [2.24, 2.45) is 5.92 Å². The van der Waals surface area contributed by atoms with Crippen LogP contribution in [0.5, 0.6) is 0 Å². The molecule has 0 aromatic heterocycles. The molecular formula is C10H13F6NO2. The summed E-state index contributed by atoms with van der Waals surface area (Å²) in [6, 6.07) is -0.646. The molecule has 1 aliphatic carbocycles. The Balaban J connectivity index is 2.96. The topological polar surface area (TPSA) is 40.5 Å². The van der Waals surface area contributed by atoms with Gasteiger partial charge >= 0.3 is 12.4 Å². The van der Waals surface area contributed by atoms with Gasteiger partial charge < -0.3 is 10.0 Å². The van der Waals surface area contributed by atoms with Crippen LogP contribution in [0.4, 0.5) is 26.3 Å². The third-order valence-corrected chi connectivity index (χ3v) is 3.04. The Morgan fingerprint density at radius 2 is 1.63 bits per heavy atom. The molecule has 0 aromatic carbocycles. The Morgan fingerprint density at radius 3 is 1.89 bits per heavy atom. The van der Waals surface area contributed by atoms with Crippen molar-refractivity contribution in [2.75, 3.05) is 13.2 Å². The molecule has 9 heteroatoms. The summed E-state index contributed by atoms with van der Waals surface area (Å²) in [6.45, 7) is -1.20. The van der Waals surface area contributed by atoms with Gasteiger partial charge in [0, 0.05) is 12.6 Å². The van der Waals surface area contributed by atoms with Crippen LogP contribution in [0.2, 0.25) is 0 Å². The Kier molecular flexibility index (Phi) is 4.70. The second kappa shape index (κ2) is 5.56. The lowest BCUT2D eigenvalue weighted by molar-refractivity contribution is -0.278. The lowest BCUT2D eigenvalue weighted by Crippen LogP contribution is -2.54. The van der Waals surface area contributed by atoms with Gasteiger partial charge in [0.2, 0.25) is 11.8 Å². The lowest BCUT2D eigenvalue weighted by atomic mass is 9.90. The summed E-state index contributed by atoms with van der Waals surface area (Å²) in [5.74, 6) is -6.05. The van der Waals surface area contributed by atoms with E-state index in [1.807, 2.05) is 0 Å². The molecule has 1 fully saturated rings. The molecule has 0 saturated heterocycles. The van der Waals surface area contributed by atoms with E-state index in [-0.39, 0.29) is 0 Å². The number of carbonyl (C=O) groups is 1. The molecule has 19 heavy (non-hydrogen) atoms. The second-order valence-corrected chi connectivity index (χ2v) is 4.36. The van der Waals surface area contributed by atoms with E-state index in [1.165, 1.54) is 0 Å². The molecule has 0 bridgehead atoms. The van der Waals surface area contributed by atoms with Gasteiger partial charge in [-0.15, -0.1) is 0 Å². The van der Waals surface area contributed by atoms with Crippen molar-refractivity contribution in [3.8, 4) is 0 Å². The predicted octanol–water partition coefficient (Wildman–Crippen LogP) is 2.10. The number of amides is 1. The largest absolute Gasteiger partial charge is 0.409 e. The third-order valence-electron chi connectivity index (χ3n) is 3.04. The summed E-state index contributed by atoms with van der Waals surface area (Å²) >= 11 is 0. The van der Waals surface area contributed by atoms with Crippen molar-refractivity contribution in [2.45, 2.75) is 37.7 Å². The van der Waals surface area contributed by atoms with Gasteiger partial charge in [0.05, 0.1) is 6.61 Å². The first-order chi connectivity index (χ1) is 8.59. The summed E-state index contributed by atoms with van der Waals surface area (Å²) < 4.78 is 74.5. The van der Waals surface area contributed by atoms with Gasteiger partial charge in [0.15, 0.2) is 0 Å². The fraction of sp³-hybridized carbons (Fsp3) is 0.900. The lowest BCUT2D eigenvalue weighted by Gasteiger charge is -2.39. The van der Waals surface area contributed by atoms with Gasteiger partial charge in [-0.05, 0) is 19.3 Å². The Labute approximate surface area is 105 Å². The van der Waals surface area contributed by atoms with Crippen LogP contribution in [0.1, 0.15) is 19.3 Å². The van der Waals surface area contributed by atoms with Gasteiger partial charge in [-0.2, -0.15) is 26.3 Å². The van der Waals surface area contributed by atoms with E-state index < -0.39 is 43.4 Å². The van der Waals surface area contributed by atoms with E-state index in [0.717, 1.165) is 0 Å². The number of hydrogen-bond donors (Lipinski definition) is 1. The van der Waals surface area contributed by atoms with Gasteiger partial charge in [0.1, 0.15) is 0 Å². The molecule has 1 amide bonds. The highest BCUT2D eigenvalue weighted by Gasteiger charge is 2.62. The number of aliphatic hydroxyl groups excluding tert-OH is 1. The molecule has 0 spiro atoms. The van der Waals surface area contributed by atoms with Gasteiger partial charge in [-0.3, -0.25) is 4.79 Å². The van der Waals surface area contributed by atoms with E-state index in [2.05, 4.69) is 0 Å². The number of carbonyl (C=O) groups excluding carboxylic acids is 1. The normalized spacial score (nSPS) is 17.5. The molecule has 1 saturated carbocycles. The van der Waals surface area contributed by atoms with Crippen molar-refractivity contribution in [3.63, 3.8) is 0 Å². The summed E-state index contributed by atoms with van der Waals surface area (Å²) in [7, 11) is 0. The maximum atomic E-state index is 12.4. The first-order valence-electron chi connectivity index (χ1n) is 5.63. The first-order valence-corrected chi connectivity index (χ1v) is 5.63. The van der Waals surface area contributed by atoms with Gasteiger partial charge in [-0.1, -0.05) is 0 Å². The van der Waals surface area contributed by atoms with Crippen LogP contribution in [0.25, 0.3) is 0 Å². The molecule has 0 aliphatic heterocycles. The number of halogens is 6. The highest BCUT2D eigenvalue weighted by atomic mass is 19.4. The molecule has 0 heterocycles. The van der Waals surface area contributed by atoms with Crippen LogP contribution in [0, 0.1) is 5.92 Å². The quantitative estimate of drug-likeness (QED) is 0.806. The number of rotatable bonds is 4. The fourth-order valence-electron chi connectivity index (χ4n) is 1.91. The minimum atomic E-state index is -5.69. The van der Waals surface area contributed by atoms with E-state index in [9.17, 15) is 31.1 Å². The molecule has 1 rings (SSSR count). The van der Waals surface area contributed by atoms with E-state index in [0.29, 0.717) is 24.2 Å². The molecular weight excluding hydrogens is 280 g/mol. The second-order valence-electron chi connectivity index (χ2n) is 4.36. The summed E-state index contributed by atoms with van der Waals surface area (Å²) in [5, 5.41) is 8.69. The van der Waals surface area contributed by atoms with Crippen LogP contribution in [0.15, 0.2) is 0 Å². The minimum Gasteiger partial charge on any atom is -0.395 e. The molecule has 1 aliphatic rings. The molecule has 0 atom stereocenters. The van der Waals surface area contributed by atoms with Crippen LogP contribution in [-0.4, -0.2) is 47.5 Å². The summed E-state index contributed by atoms with van der Waals surface area (Å²) in [4.78, 5) is 12.0. The Hall–Kier alpha value is -0.990. The number of aliphatic hydroxyl groups is 1. The Morgan fingerprint density at radius 1 is 1.16 bits per heavy atom. The maximum Gasteiger partial charge on any atom is 0.409 e. The Bertz CT molecular complexity index is 309. The zero-order valence-electron chi connectivity index (χ0n) is 9.76. The number of nitrogens with zero attached hydrogens (tertiary/aromatic N) is 1. The first kappa shape index (κ1) is 16.1. The van der Waals surface area contributed by atoms with Gasteiger partial charge in [-0.25, -0.2) is 0 Å². The SMILES string of the molecule is O=C(C(C(F)(F)F)C(F)(F)F)N(CCO)C1CCC1. The molecule has 3 nitrogen and oxygen atoms in total. The van der Waals surface area contributed by atoms with Crippen LogP contribution < -0.4 is 0 Å². The highest BCUT2D eigenvalue weighted by Crippen LogP contribution is 2.41. The summed E-state index contributed by atoms with van der Waals surface area (Å²) in [6.07, 6.45) is -10.0. The molecule has 112 valence electrons. The molecule has 0 unspecified atom stereocenters. The average Bonchev–Trinajstić information content (AvgIpc) is 2.09. The van der Waals surface area contributed by atoms with Gasteiger partial charge in [0.25, 0.3) is 0 Å². The third kappa shape index (κ3) is 3.74. The molecule has 1 N–H and O–H groups in total. The standard InChI is InChI=1S/C10H13F6NO2/c11-9(12,13)7(10(14,15)16)8(19)17(4-5-18)6-2-1-3-6/h6-7,18H,1-5H2. The van der Waals surface area contributed by atoms with Crippen molar-refractivity contribution >= 4 is 5.91 Å². The van der Waals surface area contributed by atoms with E-state index in [1.54, 1.807) is 0 Å². The summed E-state index contributed by atoms with van der Waals surface area (Å²) in [5.41, 5.74) is 0. The number of alkyl halides is 6. The highest BCUT2D eigenvalue weighted by molar-refractivity contribution is 5.81. The minimum absolute atomic E-state index is 0.355. The fourth-order valence-corrected chi connectivity index (χ4v) is 1.91. The van der Waals surface area contributed by atoms with E-state index >= 15 is 0 Å². The molecule has 0 radical (unpaired) electrons. The van der Waals surface area contributed by atoms with Crippen LogP contribution in [0.3, 0.4) is 0 Å². The van der Waals surface area contributed by atoms with Crippen LogP contribution in [-0.2, 0) is 4.79 Å². The number of hydrogen-bond acceptors (Lipinski definition) is 2. The molecule has 0 aromatic rings. The van der Waals surface area contributed by atoms with Crippen molar-refractivity contribution in [1.29, 1.82) is 0 Å². The maximum absolute atomic E-state index is 12.4. The monoisotopic (exact) mass is 293 g/mol. The zero-order chi connectivity index (χ0) is 14.8.